The summed E-state index contributed by atoms with van der Waals surface area (Å²) in [6.45, 7) is 3.31. The number of esters is 1. The fourth-order valence-corrected chi connectivity index (χ4v) is 5.99. The summed E-state index contributed by atoms with van der Waals surface area (Å²) in [6, 6.07) is 0. The minimum absolute atomic E-state index is 0.0445. The van der Waals surface area contributed by atoms with Crippen molar-refractivity contribution < 1.29 is 37.9 Å². The smallest absolute Gasteiger partial charge is 0.463 e. The van der Waals surface area contributed by atoms with Crippen molar-refractivity contribution in [2.24, 2.45) is 0 Å². The molecule has 0 fully saturated rings. The fourth-order valence-electron chi connectivity index (χ4n) is 5.23. The third-order valence-electron chi connectivity index (χ3n) is 8.37. The van der Waals surface area contributed by atoms with Crippen molar-refractivity contribution in [1.82, 2.24) is 5.32 Å². The average Bonchev–Trinajstić information content (AvgIpc) is 3.17. The van der Waals surface area contributed by atoms with Crippen LogP contribution in [0.25, 0.3) is 0 Å². The van der Waals surface area contributed by atoms with E-state index in [-0.39, 0.29) is 32.1 Å². The number of ether oxygens (including phenoxy) is 1. The van der Waals surface area contributed by atoms with Crippen LogP contribution < -0.4 is 5.32 Å². The number of carbonyl (C=O) groups excluding carboxylic acids is 2. The number of allylic oxidation sites excluding steroid dienone is 13. The maximum Gasteiger partial charge on any atom is 0.472 e. The van der Waals surface area contributed by atoms with Gasteiger partial charge in [-0.05, 0) is 51.4 Å². The van der Waals surface area contributed by atoms with Crippen molar-refractivity contribution in [1.29, 1.82) is 0 Å². The highest BCUT2D eigenvalue weighted by Crippen LogP contribution is 2.42. The van der Waals surface area contributed by atoms with E-state index in [9.17, 15) is 24.2 Å². The van der Waals surface area contributed by atoms with E-state index >= 15 is 0 Å². The van der Waals surface area contributed by atoms with Crippen molar-refractivity contribution >= 4 is 19.7 Å². The summed E-state index contributed by atoms with van der Waals surface area (Å²) in [5.41, 5.74) is 0. The van der Waals surface area contributed by atoms with Gasteiger partial charge in [0.15, 0.2) is 0 Å². The van der Waals surface area contributed by atoms with E-state index in [1.54, 1.807) is 6.08 Å². The van der Waals surface area contributed by atoms with Crippen molar-refractivity contribution in [3.05, 3.63) is 85.1 Å². The predicted molar refractivity (Wildman–Crippen MR) is 229 cm³/mol. The van der Waals surface area contributed by atoms with Crippen LogP contribution in [-0.4, -0.2) is 54.3 Å². The first kappa shape index (κ1) is 52.2. The molecule has 0 aromatic heterocycles. The first-order chi connectivity index (χ1) is 26.8. The summed E-state index contributed by atoms with van der Waals surface area (Å²) in [5.74, 6) is -0.655. The number of aliphatic hydroxyl groups is 1. The normalized spacial score (nSPS) is 14.2. The van der Waals surface area contributed by atoms with Crippen molar-refractivity contribution in [2.45, 2.75) is 161 Å². The van der Waals surface area contributed by atoms with Crippen LogP contribution in [0.2, 0.25) is 0 Å². The first-order valence-corrected chi connectivity index (χ1v) is 22.6. The number of aliphatic hydroxyl groups excluding tert-OH is 1. The van der Waals surface area contributed by atoms with E-state index in [1.165, 1.54) is 64.2 Å². The molecule has 0 aromatic rings. The highest BCUT2D eigenvalue weighted by molar-refractivity contribution is 7.47. The number of nitrogens with one attached hydrogen (secondary N) is 1. The average molecular weight is 790 g/mol. The lowest BCUT2D eigenvalue weighted by molar-refractivity contribution is -0.146. The largest absolute Gasteiger partial charge is 0.472 e. The molecule has 1 amide bonds. The molecule has 0 radical (unpaired) electrons. The van der Waals surface area contributed by atoms with Crippen molar-refractivity contribution in [3.8, 4) is 0 Å². The van der Waals surface area contributed by atoms with Gasteiger partial charge in [-0.1, -0.05) is 176 Å². The molecule has 55 heavy (non-hydrogen) atoms. The molecule has 10 heteroatoms. The molecular formula is C45H76NO8P. The maximum atomic E-state index is 12.1. The van der Waals surface area contributed by atoms with Gasteiger partial charge in [0.25, 0.3) is 0 Å². The lowest BCUT2D eigenvalue weighted by Crippen LogP contribution is -2.27. The van der Waals surface area contributed by atoms with E-state index in [0.29, 0.717) is 12.8 Å². The third-order valence-corrected chi connectivity index (χ3v) is 9.36. The molecule has 2 unspecified atom stereocenters. The molecule has 0 aliphatic rings. The number of amides is 1. The first-order valence-electron chi connectivity index (χ1n) is 21.1. The van der Waals surface area contributed by atoms with Gasteiger partial charge in [0, 0.05) is 13.0 Å². The molecule has 9 nitrogen and oxygen atoms in total. The van der Waals surface area contributed by atoms with E-state index in [1.807, 2.05) is 12.2 Å². The summed E-state index contributed by atoms with van der Waals surface area (Å²) in [6.07, 6.45) is 51.1. The molecule has 0 aliphatic heterocycles. The monoisotopic (exact) mass is 790 g/mol. The Kier molecular flexibility index (Phi) is 38.8. The standard InChI is InChI=1S/C45H76NO8P/c1-3-5-7-9-11-13-15-17-18-19-20-21-22-23-24-26-28-30-32-34-36-38-45(49)52-41-43(47)42-54-55(50,51)53-40-39-46-44(48)37-35-33-31-29-27-25-16-14-12-10-8-6-4-2/h5,7,11,13,17-18,20-21,23-24,28,30,34,36,43,47H,3-4,6,8-10,12,14-16,19,22,25-27,29,31-33,35,37-42H2,1-2H3,(H,46,48)(H,50,51)/b7-5-,13-11-,18-17-,21-20-,24-23-,30-28-,36-34-. The van der Waals surface area contributed by atoms with Crippen LogP contribution in [0.3, 0.4) is 0 Å². The molecule has 314 valence electrons. The van der Waals surface area contributed by atoms with Crippen molar-refractivity contribution in [2.75, 3.05) is 26.4 Å². The third kappa shape index (κ3) is 42.2. The molecule has 0 bridgehead atoms. The Hall–Kier alpha value is -2.81. The second-order valence-electron chi connectivity index (χ2n) is 13.6. The molecule has 0 rings (SSSR count). The van der Waals surface area contributed by atoms with Crippen LogP contribution in [-0.2, 0) is 27.9 Å². The molecule has 0 saturated heterocycles. The molecular weight excluding hydrogens is 713 g/mol. The lowest BCUT2D eigenvalue weighted by Gasteiger charge is -2.15. The summed E-state index contributed by atoms with van der Waals surface area (Å²) in [7, 11) is -4.44. The van der Waals surface area contributed by atoms with Gasteiger partial charge in [-0.3, -0.25) is 18.6 Å². The summed E-state index contributed by atoms with van der Waals surface area (Å²) in [4.78, 5) is 33.8. The zero-order chi connectivity index (χ0) is 40.3. The highest BCUT2D eigenvalue weighted by atomic mass is 31.2. The fraction of sp³-hybridized carbons (Fsp3) is 0.644. The molecule has 2 atom stereocenters. The Morgan fingerprint density at radius 2 is 1.00 bits per heavy atom. The zero-order valence-corrected chi connectivity index (χ0v) is 35.2. The van der Waals surface area contributed by atoms with Crippen LogP contribution in [0.5, 0.6) is 0 Å². The van der Waals surface area contributed by atoms with Gasteiger partial charge >= 0.3 is 13.8 Å². The van der Waals surface area contributed by atoms with Crippen LogP contribution in [0, 0.1) is 0 Å². The highest BCUT2D eigenvalue weighted by Gasteiger charge is 2.23. The van der Waals surface area contributed by atoms with Crippen molar-refractivity contribution in [3.63, 3.8) is 0 Å². The number of hydrogen-bond donors (Lipinski definition) is 3. The Morgan fingerprint density at radius 1 is 0.582 bits per heavy atom. The van der Waals surface area contributed by atoms with Gasteiger partial charge in [0.05, 0.1) is 19.6 Å². The molecule has 0 spiro atoms. The minimum Gasteiger partial charge on any atom is -0.463 e. The second kappa shape index (κ2) is 40.8. The Morgan fingerprint density at radius 3 is 1.45 bits per heavy atom. The number of unbranched alkanes of at least 4 members (excludes halogenated alkanes) is 12. The lowest BCUT2D eigenvalue weighted by atomic mass is 10.0. The quantitative estimate of drug-likeness (QED) is 0.0244. The van der Waals surface area contributed by atoms with Gasteiger partial charge < -0.3 is 20.1 Å². The van der Waals surface area contributed by atoms with Gasteiger partial charge in [0.1, 0.15) is 12.7 Å². The van der Waals surface area contributed by atoms with Crippen LogP contribution >= 0.6 is 7.82 Å². The van der Waals surface area contributed by atoms with Crippen LogP contribution in [0.15, 0.2) is 85.1 Å². The Balaban J connectivity index is 3.77. The number of phosphoric acid groups is 1. The number of carbonyl (C=O) groups is 2. The molecule has 0 aromatic carbocycles. The maximum absolute atomic E-state index is 12.1. The van der Waals surface area contributed by atoms with E-state index in [2.05, 4.69) is 86.0 Å². The molecule has 0 heterocycles. The number of hydrogen-bond acceptors (Lipinski definition) is 7. The van der Waals surface area contributed by atoms with Gasteiger partial charge in [-0.25, -0.2) is 4.57 Å². The SMILES string of the molecule is CC/C=C\C/C=C\C/C=C\C/C=C\C/C=C\C/C=C\C/C=C\CC(=O)OCC(O)COP(=O)(O)OCCNC(=O)CCCCCCCCCCCCCCC. The molecule has 0 aliphatic carbocycles. The number of rotatable bonds is 38. The zero-order valence-electron chi connectivity index (χ0n) is 34.3. The Labute approximate surface area is 334 Å². The summed E-state index contributed by atoms with van der Waals surface area (Å²) in [5, 5.41) is 12.7. The van der Waals surface area contributed by atoms with Crippen LogP contribution in [0.1, 0.15) is 155 Å². The van der Waals surface area contributed by atoms with E-state index < -0.39 is 26.5 Å². The molecule has 3 N–H and O–H groups in total. The summed E-state index contributed by atoms with van der Waals surface area (Å²) >= 11 is 0. The minimum atomic E-state index is -4.44. The van der Waals surface area contributed by atoms with E-state index in [4.69, 9.17) is 13.8 Å². The molecule has 0 saturated carbocycles. The number of phosphoric ester groups is 1. The van der Waals surface area contributed by atoms with Gasteiger partial charge in [-0.15, -0.1) is 0 Å². The second-order valence-corrected chi connectivity index (χ2v) is 15.1. The Bertz CT molecular complexity index is 1170. The van der Waals surface area contributed by atoms with Gasteiger partial charge in [-0.2, -0.15) is 0 Å². The summed E-state index contributed by atoms with van der Waals surface area (Å²) < 4.78 is 26.7. The van der Waals surface area contributed by atoms with E-state index in [0.717, 1.165) is 57.8 Å². The van der Waals surface area contributed by atoms with Gasteiger partial charge in [0.2, 0.25) is 5.91 Å². The predicted octanol–water partition coefficient (Wildman–Crippen LogP) is 11.7. The van der Waals surface area contributed by atoms with Crippen LogP contribution in [0.4, 0.5) is 0 Å². The topological polar surface area (TPSA) is 131 Å².